The normalized spacial score (nSPS) is 13.8. The number of ether oxygens (including phenoxy) is 1. The standard InChI is InChI=1S/C20H19Cl2FN2O/c1-12(14-7-5-4-6-8-14)11-17(20(24)25-3)26-13(2)18-15(21)9-10-16(23)19(18)22/h4-11,13H,3,24H2,1-2H3/b12-11+,20-17+. The van der Waals surface area contributed by atoms with Crippen LogP contribution in [0.15, 0.2) is 65.1 Å². The first kappa shape index (κ1) is 20.0. The van der Waals surface area contributed by atoms with Crippen LogP contribution in [0.5, 0.6) is 0 Å². The maximum atomic E-state index is 13.8. The summed E-state index contributed by atoms with van der Waals surface area (Å²) in [6.07, 6.45) is 1.09. The average molecular weight is 393 g/mol. The van der Waals surface area contributed by atoms with Crippen LogP contribution in [-0.2, 0) is 4.74 Å². The lowest BCUT2D eigenvalue weighted by molar-refractivity contribution is 0.140. The molecule has 2 rings (SSSR count). The quantitative estimate of drug-likeness (QED) is 0.277. The van der Waals surface area contributed by atoms with Crippen LogP contribution >= 0.6 is 23.2 Å². The molecular weight excluding hydrogens is 374 g/mol. The fraction of sp³-hybridized carbons (Fsp3) is 0.150. The van der Waals surface area contributed by atoms with Crippen LogP contribution in [-0.4, -0.2) is 6.72 Å². The highest BCUT2D eigenvalue weighted by molar-refractivity contribution is 6.36. The zero-order chi connectivity index (χ0) is 19.3. The van der Waals surface area contributed by atoms with E-state index in [0.29, 0.717) is 16.3 Å². The number of aliphatic imine (C=N–C) groups is 1. The Balaban J connectivity index is 2.39. The van der Waals surface area contributed by atoms with E-state index in [1.807, 2.05) is 37.3 Å². The Morgan fingerprint density at radius 1 is 1.23 bits per heavy atom. The minimum absolute atomic E-state index is 0.0850. The third kappa shape index (κ3) is 4.65. The molecule has 6 heteroatoms. The van der Waals surface area contributed by atoms with E-state index in [1.54, 1.807) is 13.0 Å². The summed E-state index contributed by atoms with van der Waals surface area (Å²) in [6.45, 7) is 7.06. The van der Waals surface area contributed by atoms with Crippen LogP contribution in [0.3, 0.4) is 0 Å². The minimum Gasteiger partial charge on any atom is -0.482 e. The van der Waals surface area contributed by atoms with Gasteiger partial charge in [0.25, 0.3) is 0 Å². The Hall–Kier alpha value is -2.30. The first-order valence-electron chi connectivity index (χ1n) is 7.85. The van der Waals surface area contributed by atoms with Gasteiger partial charge in [0.15, 0.2) is 11.6 Å². The Labute approximate surface area is 162 Å². The molecule has 0 bridgehead atoms. The van der Waals surface area contributed by atoms with Gasteiger partial charge in [-0.15, -0.1) is 0 Å². The van der Waals surface area contributed by atoms with E-state index in [2.05, 4.69) is 11.7 Å². The molecule has 0 aromatic heterocycles. The van der Waals surface area contributed by atoms with Crippen LogP contribution in [0.1, 0.15) is 31.1 Å². The van der Waals surface area contributed by atoms with E-state index in [4.69, 9.17) is 33.7 Å². The summed E-state index contributed by atoms with van der Waals surface area (Å²) < 4.78 is 19.7. The Kier molecular flexibility index (Phi) is 6.83. The molecule has 136 valence electrons. The summed E-state index contributed by atoms with van der Waals surface area (Å²) in [5, 5.41) is 0.218. The highest BCUT2D eigenvalue weighted by Gasteiger charge is 2.20. The zero-order valence-corrected chi connectivity index (χ0v) is 16.0. The second-order valence-electron chi connectivity index (χ2n) is 5.62. The third-order valence-corrected chi connectivity index (χ3v) is 4.50. The smallest absolute Gasteiger partial charge is 0.165 e. The Morgan fingerprint density at radius 2 is 1.88 bits per heavy atom. The van der Waals surface area contributed by atoms with E-state index in [1.165, 1.54) is 12.1 Å². The van der Waals surface area contributed by atoms with E-state index >= 15 is 0 Å². The van der Waals surface area contributed by atoms with Gasteiger partial charge in [0, 0.05) is 10.6 Å². The Bertz CT molecular complexity index is 864. The van der Waals surface area contributed by atoms with E-state index in [0.717, 1.165) is 11.1 Å². The van der Waals surface area contributed by atoms with Crippen molar-refractivity contribution in [3.63, 3.8) is 0 Å². The molecule has 2 aromatic carbocycles. The number of halogens is 3. The number of hydrogen-bond donors (Lipinski definition) is 1. The van der Waals surface area contributed by atoms with E-state index < -0.39 is 11.9 Å². The first-order chi connectivity index (χ1) is 12.3. The molecule has 0 spiro atoms. The van der Waals surface area contributed by atoms with Crippen molar-refractivity contribution < 1.29 is 9.13 Å². The van der Waals surface area contributed by atoms with E-state index in [9.17, 15) is 4.39 Å². The number of allylic oxidation sites excluding steroid dienone is 2. The predicted molar refractivity (Wildman–Crippen MR) is 107 cm³/mol. The fourth-order valence-corrected chi connectivity index (χ4v) is 3.07. The number of benzene rings is 2. The van der Waals surface area contributed by atoms with Crippen molar-refractivity contribution in [2.45, 2.75) is 20.0 Å². The number of nitrogens with zero attached hydrogens (tertiary/aromatic N) is 1. The molecule has 0 saturated carbocycles. The van der Waals surface area contributed by atoms with Gasteiger partial charge in [-0.3, -0.25) is 0 Å². The summed E-state index contributed by atoms with van der Waals surface area (Å²) in [5.74, 6) is -0.168. The molecule has 3 nitrogen and oxygen atoms in total. The summed E-state index contributed by atoms with van der Waals surface area (Å²) in [5.41, 5.74) is 8.17. The van der Waals surface area contributed by atoms with Crippen molar-refractivity contribution in [2.75, 3.05) is 0 Å². The molecule has 0 aliphatic heterocycles. The number of nitrogens with two attached hydrogens (primary N) is 1. The molecule has 0 aliphatic carbocycles. The average Bonchev–Trinajstić information content (AvgIpc) is 2.64. The molecular formula is C20H19Cl2FN2O. The summed E-state index contributed by atoms with van der Waals surface area (Å²) in [6, 6.07) is 12.4. The second-order valence-corrected chi connectivity index (χ2v) is 6.40. The van der Waals surface area contributed by atoms with Crippen LogP contribution in [0.4, 0.5) is 4.39 Å². The van der Waals surface area contributed by atoms with Crippen molar-refractivity contribution in [1.82, 2.24) is 0 Å². The lowest BCUT2D eigenvalue weighted by atomic mass is 10.1. The molecule has 0 amide bonds. The third-order valence-electron chi connectivity index (χ3n) is 3.79. The van der Waals surface area contributed by atoms with Crippen LogP contribution in [0.2, 0.25) is 10.0 Å². The lowest BCUT2D eigenvalue weighted by Crippen LogP contribution is -2.07. The topological polar surface area (TPSA) is 47.6 Å². The van der Waals surface area contributed by atoms with Gasteiger partial charge in [-0.2, -0.15) is 0 Å². The van der Waals surface area contributed by atoms with Crippen LogP contribution in [0.25, 0.3) is 5.57 Å². The van der Waals surface area contributed by atoms with Gasteiger partial charge in [-0.1, -0.05) is 53.5 Å². The van der Waals surface area contributed by atoms with Gasteiger partial charge < -0.3 is 10.5 Å². The SMILES string of the molecule is C=N/C(N)=C(\C=C(/C)c1ccccc1)OC(C)c1c(Cl)ccc(F)c1Cl. The van der Waals surface area contributed by atoms with Crippen molar-refractivity contribution in [3.8, 4) is 0 Å². The monoisotopic (exact) mass is 392 g/mol. The highest BCUT2D eigenvalue weighted by Crippen LogP contribution is 2.35. The summed E-state index contributed by atoms with van der Waals surface area (Å²) in [4.78, 5) is 3.74. The Morgan fingerprint density at radius 3 is 2.50 bits per heavy atom. The van der Waals surface area contributed by atoms with Gasteiger partial charge in [-0.25, -0.2) is 9.38 Å². The predicted octanol–water partition coefficient (Wildman–Crippen LogP) is 6.14. The molecule has 26 heavy (non-hydrogen) atoms. The number of rotatable bonds is 6. The van der Waals surface area contributed by atoms with Crippen LogP contribution < -0.4 is 5.73 Å². The van der Waals surface area contributed by atoms with Gasteiger partial charge in [-0.05, 0) is 49.9 Å². The molecule has 0 radical (unpaired) electrons. The lowest BCUT2D eigenvalue weighted by Gasteiger charge is -2.19. The molecule has 2 aromatic rings. The maximum absolute atomic E-state index is 13.8. The largest absolute Gasteiger partial charge is 0.482 e. The van der Waals surface area contributed by atoms with Gasteiger partial charge in [0.05, 0.1) is 5.02 Å². The van der Waals surface area contributed by atoms with Gasteiger partial charge >= 0.3 is 0 Å². The molecule has 2 N–H and O–H groups in total. The molecule has 1 unspecified atom stereocenters. The van der Waals surface area contributed by atoms with Crippen molar-refractivity contribution in [1.29, 1.82) is 0 Å². The molecule has 1 atom stereocenters. The molecule has 0 heterocycles. The molecule has 0 saturated heterocycles. The maximum Gasteiger partial charge on any atom is 0.165 e. The fourth-order valence-electron chi connectivity index (χ4n) is 2.39. The van der Waals surface area contributed by atoms with E-state index in [-0.39, 0.29) is 10.8 Å². The molecule has 0 fully saturated rings. The van der Waals surface area contributed by atoms with Crippen molar-refractivity contribution in [2.24, 2.45) is 10.7 Å². The van der Waals surface area contributed by atoms with Gasteiger partial charge in [0.2, 0.25) is 0 Å². The summed E-state index contributed by atoms with van der Waals surface area (Å²) in [7, 11) is 0. The first-order valence-corrected chi connectivity index (χ1v) is 8.61. The zero-order valence-electron chi connectivity index (χ0n) is 14.5. The summed E-state index contributed by atoms with van der Waals surface area (Å²) >= 11 is 12.2. The number of hydrogen-bond acceptors (Lipinski definition) is 3. The minimum atomic E-state index is -0.652. The van der Waals surface area contributed by atoms with Crippen molar-refractivity contribution >= 4 is 35.5 Å². The highest BCUT2D eigenvalue weighted by atomic mass is 35.5. The van der Waals surface area contributed by atoms with Gasteiger partial charge in [0.1, 0.15) is 11.9 Å². The van der Waals surface area contributed by atoms with Crippen LogP contribution in [0, 0.1) is 5.82 Å². The van der Waals surface area contributed by atoms with Crippen molar-refractivity contribution in [3.05, 3.63) is 87.1 Å². The molecule has 0 aliphatic rings. The second kappa shape index (κ2) is 8.88.